The van der Waals surface area contributed by atoms with E-state index in [0.29, 0.717) is 16.8 Å². The van der Waals surface area contributed by atoms with E-state index in [9.17, 15) is 26.8 Å². The molecule has 0 radical (unpaired) electrons. The van der Waals surface area contributed by atoms with Crippen LogP contribution in [-0.2, 0) is 26.0 Å². The van der Waals surface area contributed by atoms with E-state index in [0.717, 1.165) is 5.41 Å². The molecule has 0 aliphatic heterocycles. The topological polar surface area (TPSA) is 83.6 Å². The van der Waals surface area contributed by atoms with Crippen LogP contribution in [0.4, 0.5) is 14.5 Å². The van der Waals surface area contributed by atoms with Gasteiger partial charge in [-0.1, -0.05) is 42.5 Å². The molecule has 0 aliphatic rings. The lowest BCUT2D eigenvalue weighted by Crippen LogP contribution is -2.46. The number of benzene rings is 3. The van der Waals surface area contributed by atoms with Crippen LogP contribution in [0.1, 0.15) is 18.1 Å². The smallest absolute Gasteiger partial charge is 0.257 e. The van der Waals surface area contributed by atoms with Crippen molar-refractivity contribution < 1.29 is 26.8 Å². The number of carbonyl (C=O) groups excluding carboxylic acids is 2. The first-order chi connectivity index (χ1) is 16.7. The van der Waals surface area contributed by atoms with Crippen molar-refractivity contribution in [2.45, 2.75) is 13.3 Å². The Morgan fingerprint density at radius 3 is 2.06 bits per heavy atom. The number of hydrogen-bond donors (Lipinski definition) is 1. The van der Waals surface area contributed by atoms with Crippen LogP contribution in [0.2, 0.25) is 0 Å². The van der Waals surface area contributed by atoms with Gasteiger partial charge in [-0.2, -0.15) is 0 Å². The molecular weight excluding hydrogens is 474 g/mol. The quantitative estimate of drug-likeness (QED) is 0.446. The zero-order valence-corrected chi connectivity index (χ0v) is 19.7. The summed E-state index contributed by atoms with van der Waals surface area (Å²) in [5, 5.41) is 0.844. The van der Waals surface area contributed by atoms with Crippen LogP contribution in [0, 0.1) is 17.6 Å². The molecule has 0 spiro atoms. The maximum absolute atomic E-state index is 13.4. The predicted molar refractivity (Wildman–Crippen MR) is 131 cm³/mol. The first-order valence-electron chi connectivity index (χ1n) is 10.8. The lowest BCUT2D eigenvalue weighted by molar-refractivity contribution is -0.132. The van der Waals surface area contributed by atoms with E-state index in [1.807, 2.05) is 4.72 Å². The summed E-state index contributed by atoms with van der Waals surface area (Å²) in [7, 11) is -4.22. The summed E-state index contributed by atoms with van der Waals surface area (Å²) in [6, 6.07) is 19.0. The molecular formula is C26H24F2N2O4S. The van der Waals surface area contributed by atoms with Crippen molar-refractivity contribution in [3.63, 3.8) is 0 Å². The highest BCUT2D eigenvalue weighted by molar-refractivity contribution is 7.93. The summed E-state index contributed by atoms with van der Waals surface area (Å²) in [4.78, 5) is 27.8. The molecule has 0 heterocycles. The van der Waals surface area contributed by atoms with Gasteiger partial charge in [-0.3, -0.25) is 9.59 Å². The molecule has 2 amide bonds. The Balaban J connectivity index is 1.88. The number of nitrogens with one attached hydrogen (secondary N) is 1. The predicted octanol–water partition coefficient (Wildman–Crippen LogP) is 4.29. The van der Waals surface area contributed by atoms with Crippen LogP contribution in [0.25, 0.3) is 6.08 Å². The van der Waals surface area contributed by atoms with Gasteiger partial charge in [-0.05, 0) is 66.9 Å². The molecule has 0 aliphatic carbocycles. The number of sulfonamides is 1. The molecule has 1 N–H and O–H groups in total. The van der Waals surface area contributed by atoms with Gasteiger partial charge in [0.15, 0.2) is 0 Å². The monoisotopic (exact) mass is 498 g/mol. The molecule has 182 valence electrons. The molecule has 3 aromatic carbocycles. The van der Waals surface area contributed by atoms with Gasteiger partial charge < -0.3 is 4.90 Å². The molecule has 0 saturated carbocycles. The van der Waals surface area contributed by atoms with Gasteiger partial charge in [0, 0.05) is 12.2 Å². The highest BCUT2D eigenvalue weighted by Gasteiger charge is 2.33. The van der Waals surface area contributed by atoms with E-state index in [4.69, 9.17) is 0 Å². The number of amides is 2. The van der Waals surface area contributed by atoms with Gasteiger partial charge in [-0.15, -0.1) is 0 Å². The zero-order valence-electron chi connectivity index (χ0n) is 18.9. The largest absolute Gasteiger partial charge is 0.312 e. The third kappa shape index (κ3) is 7.31. The lowest BCUT2D eigenvalue weighted by atomic mass is 9.97. The Labute approximate surface area is 203 Å². The number of anilines is 1. The summed E-state index contributed by atoms with van der Waals surface area (Å²) in [5.41, 5.74) is 1.42. The molecule has 0 aromatic heterocycles. The molecule has 1 atom stereocenters. The van der Waals surface area contributed by atoms with Gasteiger partial charge in [0.25, 0.3) is 10.0 Å². The minimum Gasteiger partial charge on any atom is -0.312 e. The Morgan fingerprint density at radius 2 is 1.49 bits per heavy atom. The Bertz CT molecular complexity index is 1290. The molecule has 0 fully saturated rings. The fourth-order valence-corrected chi connectivity index (χ4v) is 4.23. The summed E-state index contributed by atoms with van der Waals surface area (Å²) in [6.45, 7) is 1.83. The Kier molecular flexibility index (Phi) is 8.48. The van der Waals surface area contributed by atoms with Crippen molar-refractivity contribution >= 4 is 33.6 Å². The fourth-order valence-electron chi connectivity index (χ4n) is 3.40. The van der Waals surface area contributed by atoms with Crippen molar-refractivity contribution in [2.24, 2.45) is 5.92 Å². The number of nitrogens with zero attached hydrogens (tertiary/aromatic N) is 1. The summed E-state index contributed by atoms with van der Waals surface area (Å²) >= 11 is 0. The number of carbonyl (C=O) groups is 2. The third-order valence-electron chi connectivity index (χ3n) is 5.17. The van der Waals surface area contributed by atoms with E-state index in [-0.39, 0.29) is 13.0 Å². The van der Waals surface area contributed by atoms with Gasteiger partial charge in [0.05, 0.1) is 5.41 Å². The highest BCUT2D eigenvalue weighted by Crippen LogP contribution is 2.21. The number of hydrogen-bond acceptors (Lipinski definition) is 4. The zero-order chi connectivity index (χ0) is 25.4. The second kappa shape index (κ2) is 11.5. The normalized spacial score (nSPS) is 12.3. The maximum Gasteiger partial charge on any atom is 0.257 e. The first-order valence-corrected chi connectivity index (χ1v) is 12.3. The summed E-state index contributed by atoms with van der Waals surface area (Å²) < 4.78 is 53.8. The van der Waals surface area contributed by atoms with E-state index >= 15 is 0 Å². The van der Waals surface area contributed by atoms with Crippen molar-refractivity contribution in [1.82, 2.24) is 4.72 Å². The molecule has 9 heteroatoms. The van der Waals surface area contributed by atoms with E-state index < -0.39 is 39.4 Å². The third-order valence-corrected chi connectivity index (χ3v) is 6.15. The minimum atomic E-state index is -4.22. The average molecular weight is 499 g/mol. The molecule has 3 aromatic rings. The van der Waals surface area contributed by atoms with E-state index in [1.165, 1.54) is 59.5 Å². The standard InChI is InChI=1S/C26H24F2N2O4S/c1-2-30(23-14-12-22(28)13-15-23)26(32)24(18-20-8-10-21(27)11-9-20)25(31)29-35(33,34)17-16-19-6-4-3-5-7-19/h3-17,24H,2,18H2,1H3,(H,29,31). The highest BCUT2D eigenvalue weighted by atomic mass is 32.2. The van der Waals surface area contributed by atoms with Crippen molar-refractivity contribution in [2.75, 3.05) is 11.4 Å². The SMILES string of the molecule is CCN(C(=O)C(Cc1ccc(F)cc1)C(=O)NS(=O)(=O)C=Cc1ccccc1)c1ccc(F)cc1. The minimum absolute atomic E-state index is 0.151. The van der Waals surface area contributed by atoms with Crippen LogP contribution < -0.4 is 9.62 Å². The summed E-state index contributed by atoms with van der Waals surface area (Å²) in [6.07, 6.45) is 1.16. The fraction of sp³-hybridized carbons (Fsp3) is 0.154. The number of halogens is 2. The van der Waals surface area contributed by atoms with Gasteiger partial charge in [-0.25, -0.2) is 21.9 Å². The second-order valence-electron chi connectivity index (χ2n) is 7.67. The Hall–Kier alpha value is -3.85. The molecule has 0 bridgehead atoms. The van der Waals surface area contributed by atoms with Crippen LogP contribution in [0.15, 0.2) is 84.3 Å². The average Bonchev–Trinajstić information content (AvgIpc) is 2.84. The maximum atomic E-state index is 13.4. The van der Waals surface area contributed by atoms with Crippen LogP contribution in [0.5, 0.6) is 0 Å². The first kappa shape index (κ1) is 25.8. The molecule has 3 rings (SSSR count). The molecule has 0 saturated heterocycles. The van der Waals surface area contributed by atoms with Crippen LogP contribution >= 0.6 is 0 Å². The van der Waals surface area contributed by atoms with Crippen molar-refractivity contribution in [3.05, 3.63) is 107 Å². The molecule has 35 heavy (non-hydrogen) atoms. The van der Waals surface area contributed by atoms with Gasteiger partial charge in [0.2, 0.25) is 11.8 Å². The van der Waals surface area contributed by atoms with Crippen LogP contribution in [0.3, 0.4) is 0 Å². The molecule has 6 nitrogen and oxygen atoms in total. The van der Waals surface area contributed by atoms with E-state index in [1.54, 1.807) is 37.3 Å². The molecule has 1 unspecified atom stereocenters. The summed E-state index contributed by atoms with van der Waals surface area (Å²) in [5.74, 6) is -4.13. The van der Waals surface area contributed by atoms with Gasteiger partial charge in [0.1, 0.15) is 17.6 Å². The van der Waals surface area contributed by atoms with Crippen LogP contribution in [-0.4, -0.2) is 26.8 Å². The van der Waals surface area contributed by atoms with Gasteiger partial charge >= 0.3 is 0 Å². The second-order valence-corrected chi connectivity index (χ2v) is 9.23. The van der Waals surface area contributed by atoms with Crippen molar-refractivity contribution in [3.8, 4) is 0 Å². The Morgan fingerprint density at radius 1 is 0.914 bits per heavy atom. The van der Waals surface area contributed by atoms with E-state index in [2.05, 4.69) is 0 Å². The number of rotatable bonds is 9. The lowest BCUT2D eigenvalue weighted by Gasteiger charge is -2.26. The van der Waals surface area contributed by atoms with Crippen molar-refractivity contribution in [1.29, 1.82) is 0 Å².